The van der Waals surface area contributed by atoms with Crippen LogP contribution < -0.4 is 4.40 Å². The maximum atomic E-state index is 12.8. The zero-order valence-electron chi connectivity index (χ0n) is 15.9. The number of hydrogen-bond donors (Lipinski definition) is 0. The van der Waals surface area contributed by atoms with Gasteiger partial charge in [0, 0.05) is 30.4 Å². The van der Waals surface area contributed by atoms with Crippen LogP contribution in [0.2, 0.25) is 0 Å². The van der Waals surface area contributed by atoms with Crippen molar-refractivity contribution in [3.63, 3.8) is 0 Å². The first-order valence-electron chi connectivity index (χ1n) is 9.49. The van der Waals surface area contributed by atoms with Crippen LogP contribution in [0.5, 0.6) is 0 Å². The number of halogens is 1. The van der Waals surface area contributed by atoms with E-state index in [4.69, 9.17) is 4.74 Å². The zero-order chi connectivity index (χ0) is 19.4. The summed E-state index contributed by atoms with van der Waals surface area (Å²) in [5, 5.41) is 1.16. The van der Waals surface area contributed by atoms with Crippen LogP contribution in [-0.4, -0.2) is 22.3 Å². The van der Waals surface area contributed by atoms with Gasteiger partial charge in [-0.2, -0.15) is 9.20 Å². The van der Waals surface area contributed by atoms with E-state index in [0.717, 1.165) is 39.1 Å². The lowest BCUT2D eigenvalue weighted by Crippen LogP contribution is -2.23. The van der Waals surface area contributed by atoms with E-state index in [0.29, 0.717) is 5.92 Å². The summed E-state index contributed by atoms with van der Waals surface area (Å²) in [6.07, 6.45) is 4.12. The van der Waals surface area contributed by atoms with E-state index in [2.05, 4.69) is 44.8 Å². The van der Waals surface area contributed by atoms with E-state index in [-0.39, 0.29) is 6.09 Å². The third-order valence-electron chi connectivity index (χ3n) is 5.62. The molecular weight excluding hydrogens is 418 g/mol. The summed E-state index contributed by atoms with van der Waals surface area (Å²) < 4.78 is 12.2. The van der Waals surface area contributed by atoms with E-state index in [9.17, 15) is 4.79 Å². The summed E-state index contributed by atoms with van der Waals surface area (Å²) >= 11 is 3.85. The number of imidazole rings is 1. The number of benzene rings is 1. The first-order valence-corrected chi connectivity index (χ1v) is 10.3. The number of rotatable bonds is 3. The Kier molecular flexibility index (Phi) is 4.05. The van der Waals surface area contributed by atoms with Gasteiger partial charge in [0.05, 0.1) is 17.8 Å². The van der Waals surface area contributed by atoms with Crippen LogP contribution in [0.15, 0.2) is 53.1 Å². The van der Waals surface area contributed by atoms with Crippen molar-refractivity contribution >= 4 is 38.6 Å². The molecule has 3 aromatic heterocycles. The Morgan fingerprint density at radius 3 is 2.68 bits per heavy atom. The molecule has 142 valence electrons. The van der Waals surface area contributed by atoms with Gasteiger partial charge in [0.25, 0.3) is 5.65 Å². The fourth-order valence-electron chi connectivity index (χ4n) is 4.08. The van der Waals surface area contributed by atoms with Crippen molar-refractivity contribution in [3.05, 3.63) is 58.8 Å². The number of nitrogens with zero attached hydrogens (tertiary/aromatic N) is 3. The smallest absolute Gasteiger partial charge is 0.434 e. The predicted octanol–water partition coefficient (Wildman–Crippen LogP) is 4.94. The number of fused-ring (bicyclic) bond motifs is 2. The van der Waals surface area contributed by atoms with Crippen molar-refractivity contribution in [3.8, 4) is 11.4 Å². The molecule has 0 amide bonds. The minimum Gasteiger partial charge on any atom is -0.434 e. The standard InChI is InChI=1S/C22H21BrN3O2/c1-14-20(26(22(27)28-2)18-9-5-6-12-24(14)18)21-19(23)16-7-3-4-8-17(16)25(21)13-15-10-11-15/h3-9,12,15H,10-11,13H2,1-2H3/q+1. The number of para-hydroxylation sites is 1. The Morgan fingerprint density at radius 1 is 1.18 bits per heavy atom. The van der Waals surface area contributed by atoms with Crippen molar-refractivity contribution in [2.75, 3.05) is 7.11 Å². The van der Waals surface area contributed by atoms with Crippen molar-refractivity contribution in [2.24, 2.45) is 5.92 Å². The number of carbonyl (C=O) groups excluding carboxylic acids is 1. The van der Waals surface area contributed by atoms with Crippen molar-refractivity contribution in [2.45, 2.75) is 26.3 Å². The summed E-state index contributed by atoms with van der Waals surface area (Å²) in [5.74, 6) is 0.699. The van der Waals surface area contributed by atoms with Crippen molar-refractivity contribution < 1.29 is 13.9 Å². The summed E-state index contributed by atoms with van der Waals surface area (Å²) in [5.41, 5.74) is 4.86. The molecule has 0 aliphatic heterocycles. The van der Waals surface area contributed by atoms with Gasteiger partial charge in [-0.1, -0.05) is 24.3 Å². The van der Waals surface area contributed by atoms with Gasteiger partial charge < -0.3 is 9.30 Å². The zero-order valence-corrected chi connectivity index (χ0v) is 17.4. The fraction of sp³-hybridized carbons (Fsp3) is 0.273. The largest absolute Gasteiger partial charge is 0.512 e. The Hall–Kier alpha value is -2.60. The molecule has 28 heavy (non-hydrogen) atoms. The van der Waals surface area contributed by atoms with Gasteiger partial charge in [0.1, 0.15) is 5.69 Å². The lowest BCUT2D eigenvalue weighted by Gasteiger charge is -2.10. The van der Waals surface area contributed by atoms with Crippen LogP contribution >= 0.6 is 15.9 Å². The van der Waals surface area contributed by atoms with E-state index in [1.165, 1.54) is 25.5 Å². The second-order valence-corrected chi connectivity index (χ2v) is 8.20. The molecule has 0 atom stereocenters. The Morgan fingerprint density at radius 2 is 1.93 bits per heavy atom. The maximum Gasteiger partial charge on any atom is 0.512 e. The first kappa shape index (κ1) is 17.5. The number of hydrogen-bond acceptors (Lipinski definition) is 2. The quantitative estimate of drug-likeness (QED) is 0.424. The summed E-state index contributed by atoms with van der Waals surface area (Å²) in [6.45, 7) is 3.00. The predicted molar refractivity (Wildman–Crippen MR) is 111 cm³/mol. The molecule has 4 aromatic rings. The summed E-state index contributed by atoms with van der Waals surface area (Å²) in [6, 6.07) is 14.2. The SMILES string of the molecule is COC(=O)n1c(-c2c(Br)c3ccccc3n2CC2CC2)c(C)[n+]2ccccc12. The minimum absolute atomic E-state index is 0.387. The fourth-order valence-corrected chi connectivity index (χ4v) is 4.82. The minimum atomic E-state index is -0.387. The van der Waals surface area contributed by atoms with Crippen LogP contribution in [0.3, 0.4) is 0 Å². The molecule has 1 aliphatic rings. The number of aryl methyl sites for hydroxylation is 1. The Labute approximate surface area is 171 Å². The van der Waals surface area contributed by atoms with Gasteiger partial charge in [-0.3, -0.25) is 0 Å². The first-order chi connectivity index (χ1) is 13.6. The summed E-state index contributed by atoms with van der Waals surface area (Å²) in [7, 11) is 1.43. The maximum absolute atomic E-state index is 12.8. The molecule has 0 N–H and O–H groups in total. The molecule has 3 heterocycles. The van der Waals surface area contributed by atoms with Gasteiger partial charge in [0.2, 0.25) is 5.69 Å². The van der Waals surface area contributed by atoms with Crippen molar-refractivity contribution in [1.82, 2.24) is 9.13 Å². The van der Waals surface area contributed by atoms with E-state index in [1.54, 1.807) is 4.57 Å². The Bertz CT molecular complexity index is 1230. The highest BCUT2D eigenvalue weighted by Crippen LogP contribution is 2.42. The van der Waals surface area contributed by atoms with E-state index >= 15 is 0 Å². The number of carbonyl (C=O) groups is 1. The lowest BCUT2D eigenvalue weighted by atomic mass is 10.2. The van der Waals surface area contributed by atoms with Crippen LogP contribution in [0.1, 0.15) is 18.5 Å². The van der Waals surface area contributed by atoms with Gasteiger partial charge in [0.15, 0.2) is 5.69 Å². The number of methoxy groups -OCH3 is 1. The van der Waals surface area contributed by atoms with Gasteiger partial charge in [-0.15, -0.1) is 4.57 Å². The van der Waals surface area contributed by atoms with Crippen LogP contribution in [0.4, 0.5) is 4.79 Å². The Balaban J connectivity index is 1.91. The molecule has 5 rings (SSSR count). The topological polar surface area (TPSA) is 40.3 Å². The molecule has 1 aromatic carbocycles. The van der Waals surface area contributed by atoms with E-state index in [1.807, 2.05) is 35.7 Å². The molecule has 0 radical (unpaired) electrons. The van der Waals surface area contributed by atoms with Crippen LogP contribution in [0, 0.1) is 12.8 Å². The second kappa shape index (κ2) is 6.48. The monoisotopic (exact) mass is 438 g/mol. The number of pyridine rings is 1. The molecule has 5 nitrogen and oxygen atoms in total. The highest BCUT2D eigenvalue weighted by molar-refractivity contribution is 9.10. The van der Waals surface area contributed by atoms with Gasteiger partial charge in [-0.05, 0) is 46.8 Å². The number of aromatic nitrogens is 3. The molecule has 6 heteroatoms. The average molecular weight is 439 g/mol. The molecule has 1 fully saturated rings. The molecule has 1 saturated carbocycles. The van der Waals surface area contributed by atoms with Gasteiger partial charge in [-0.25, -0.2) is 0 Å². The van der Waals surface area contributed by atoms with Crippen LogP contribution in [0.25, 0.3) is 27.9 Å². The normalized spacial score (nSPS) is 14.1. The molecule has 0 spiro atoms. The van der Waals surface area contributed by atoms with E-state index < -0.39 is 0 Å². The van der Waals surface area contributed by atoms with Gasteiger partial charge >= 0.3 is 6.09 Å². The van der Waals surface area contributed by atoms with Crippen molar-refractivity contribution in [1.29, 1.82) is 0 Å². The number of ether oxygens (including phenoxy) is 1. The molecule has 0 bridgehead atoms. The molecular formula is C22H21BrN3O2+. The van der Waals surface area contributed by atoms with Crippen LogP contribution in [-0.2, 0) is 11.3 Å². The molecule has 1 aliphatic carbocycles. The molecule has 0 unspecified atom stereocenters. The average Bonchev–Trinajstić information content (AvgIpc) is 3.45. The third kappa shape index (κ3) is 2.51. The summed E-state index contributed by atoms with van der Waals surface area (Å²) in [4.78, 5) is 12.8. The third-order valence-corrected chi connectivity index (χ3v) is 6.43. The lowest BCUT2D eigenvalue weighted by molar-refractivity contribution is -0.517. The molecule has 0 saturated heterocycles. The second-order valence-electron chi connectivity index (χ2n) is 7.40. The highest BCUT2D eigenvalue weighted by atomic mass is 79.9. The highest BCUT2D eigenvalue weighted by Gasteiger charge is 2.35.